The highest BCUT2D eigenvalue weighted by molar-refractivity contribution is 6.30. The number of benzene rings is 1. The number of hydrazine groups is 1. The molecule has 0 amide bonds. The Hall–Kier alpha value is -2.25. The van der Waals surface area contributed by atoms with Gasteiger partial charge in [0.1, 0.15) is 5.82 Å². The van der Waals surface area contributed by atoms with Gasteiger partial charge in [-0.25, -0.2) is 10.4 Å². The molecule has 2 fully saturated rings. The van der Waals surface area contributed by atoms with E-state index in [4.69, 9.17) is 26.3 Å². The van der Waals surface area contributed by atoms with Crippen molar-refractivity contribution in [2.24, 2.45) is 0 Å². The normalized spacial score (nSPS) is 20.0. The highest BCUT2D eigenvalue weighted by Gasteiger charge is 2.23. The second-order valence-corrected chi connectivity index (χ2v) is 7.58. The number of nitrogens with one attached hydrogen (secondary N) is 2. The van der Waals surface area contributed by atoms with Crippen LogP contribution in [0.15, 0.2) is 42.6 Å². The molecule has 4 heterocycles. The minimum atomic E-state index is 0.156. The number of morpholine rings is 1. The number of halogens is 1. The highest BCUT2D eigenvalue weighted by Crippen LogP contribution is 2.35. The van der Waals surface area contributed by atoms with Crippen molar-refractivity contribution in [2.75, 3.05) is 37.7 Å². The first-order valence-corrected chi connectivity index (χ1v) is 10.0. The second-order valence-electron chi connectivity index (χ2n) is 7.14. The Bertz CT molecular complexity index is 999. The number of rotatable bonds is 3. The molecule has 28 heavy (non-hydrogen) atoms. The molecule has 2 saturated heterocycles. The first kappa shape index (κ1) is 17.8. The van der Waals surface area contributed by atoms with Gasteiger partial charge in [0.2, 0.25) is 0 Å². The number of pyridine rings is 2. The lowest BCUT2D eigenvalue weighted by molar-refractivity contribution is 0.122. The van der Waals surface area contributed by atoms with E-state index >= 15 is 0 Å². The molecule has 0 bridgehead atoms. The summed E-state index contributed by atoms with van der Waals surface area (Å²) in [5, 5.41) is 1.82. The van der Waals surface area contributed by atoms with E-state index in [1.165, 1.54) is 0 Å². The predicted octanol–water partition coefficient (Wildman–Crippen LogP) is 3.33. The summed E-state index contributed by atoms with van der Waals surface area (Å²) in [4.78, 5) is 12.0. The molecular formula is C21H22ClN5O. The number of nitrogens with zero attached hydrogens (tertiary/aromatic N) is 3. The molecule has 3 aromatic rings. The zero-order chi connectivity index (χ0) is 18.9. The molecule has 1 unspecified atom stereocenters. The van der Waals surface area contributed by atoms with Gasteiger partial charge in [0, 0.05) is 36.2 Å². The lowest BCUT2D eigenvalue weighted by atomic mass is 9.99. The van der Waals surface area contributed by atoms with Gasteiger partial charge in [-0.1, -0.05) is 23.7 Å². The van der Waals surface area contributed by atoms with Gasteiger partial charge in [0.05, 0.1) is 30.5 Å². The minimum absolute atomic E-state index is 0.156. The molecule has 2 N–H and O–H groups in total. The van der Waals surface area contributed by atoms with Gasteiger partial charge >= 0.3 is 0 Å². The van der Waals surface area contributed by atoms with Crippen molar-refractivity contribution in [3.05, 3.63) is 53.3 Å². The van der Waals surface area contributed by atoms with Crippen LogP contribution in [0, 0.1) is 0 Å². The molecule has 2 aliphatic heterocycles. The highest BCUT2D eigenvalue weighted by atomic mass is 35.5. The SMILES string of the molecule is Clc1cccc(-c2cc(N3CCOCC3)nc3c(C4CCNN4)nccc23)c1. The Morgan fingerprint density at radius 1 is 1.14 bits per heavy atom. The fourth-order valence-corrected chi connectivity index (χ4v) is 4.14. The van der Waals surface area contributed by atoms with E-state index in [9.17, 15) is 0 Å². The van der Waals surface area contributed by atoms with Crippen LogP contribution in [0.5, 0.6) is 0 Å². The molecule has 6 nitrogen and oxygen atoms in total. The van der Waals surface area contributed by atoms with Crippen LogP contribution in [0.25, 0.3) is 22.0 Å². The lowest BCUT2D eigenvalue weighted by Gasteiger charge is -2.29. The van der Waals surface area contributed by atoms with E-state index in [2.05, 4.69) is 27.9 Å². The van der Waals surface area contributed by atoms with E-state index < -0.39 is 0 Å². The third-order valence-corrected chi connectivity index (χ3v) is 5.61. The quantitative estimate of drug-likeness (QED) is 0.709. The van der Waals surface area contributed by atoms with Gasteiger partial charge in [-0.05, 0) is 41.8 Å². The van der Waals surface area contributed by atoms with Gasteiger partial charge < -0.3 is 9.64 Å². The Morgan fingerprint density at radius 3 is 2.82 bits per heavy atom. The summed E-state index contributed by atoms with van der Waals surface area (Å²) in [7, 11) is 0. The van der Waals surface area contributed by atoms with Gasteiger partial charge in [0.15, 0.2) is 0 Å². The molecule has 2 aromatic heterocycles. The number of hydrogen-bond acceptors (Lipinski definition) is 6. The molecule has 0 spiro atoms. The fourth-order valence-electron chi connectivity index (χ4n) is 3.95. The molecule has 1 atom stereocenters. The summed E-state index contributed by atoms with van der Waals surface area (Å²) < 4.78 is 5.53. The Morgan fingerprint density at radius 2 is 2.04 bits per heavy atom. The average Bonchev–Trinajstić information content (AvgIpc) is 3.28. The van der Waals surface area contributed by atoms with Crippen molar-refractivity contribution in [1.29, 1.82) is 0 Å². The zero-order valence-electron chi connectivity index (χ0n) is 15.5. The minimum Gasteiger partial charge on any atom is -0.378 e. The van der Waals surface area contributed by atoms with Crippen LogP contribution < -0.4 is 15.8 Å². The maximum absolute atomic E-state index is 6.30. The van der Waals surface area contributed by atoms with Crippen LogP contribution in [0.3, 0.4) is 0 Å². The van der Waals surface area contributed by atoms with E-state index in [0.29, 0.717) is 0 Å². The van der Waals surface area contributed by atoms with Crippen molar-refractivity contribution >= 4 is 28.3 Å². The average molecular weight is 396 g/mol. The lowest BCUT2D eigenvalue weighted by Crippen LogP contribution is -2.36. The van der Waals surface area contributed by atoms with Crippen LogP contribution in [-0.4, -0.2) is 42.8 Å². The molecule has 7 heteroatoms. The fraction of sp³-hybridized carbons (Fsp3) is 0.333. The summed E-state index contributed by atoms with van der Waals surface area (Å²) in [5.74, 6) is 0.964. The first-order valence-electron chi connectivity index (χ1n) is 9.66. The van der Waals surface area contributed by atoms with Crippen molar-refractivity contribution in [2.45, 2.75) is 12.5 Å². The number of fused-ring (bicyclic) bond motifs is 1. The molecule has 0 radical (unpaired) electrons. The largest absolute Gasteiger partial charge is 0.378 e. The summed E-state index contributed by atoms with van der Waals surface area (Å²) >= 11 is 6.30. The molecule has 0 aliphatic carbocycles. The summed E-state index contributed by atoms with van der Waals surface area (Å²) in [5.41, 5.74) is 10.7. The molecule has 5 rings (SSSR count). The predicted molar refractivity (Wildman–Crippen MR) is 112 cm³/mol. The molecule has 0 saturated carbocycles. The Labute approximate surface area is 168 Å². The van der Waals surface area contributed by atoms with Crippen molar-refractivity contribution in [1.82, 2.24) is 20.8 Å². The van der Waals surface area contributed by atoms with Gasteiger partial charge in [0.25, 0.3) is 0 Å². The van der Waals surface area contributed by atoms with Crippen LogP contribution in [0.2, 0.25) is 5.02 Å². The maximum Gasteiger partial charge on any atom is 0.130 e. The van der Waals surface area contributed by atoms with Crippen LogP contribution >= 0.6 is 11.6 Å². The van der Waals surface area contributed by atoms with E-state index in [-0.39, 0.29) is 6.04 Å². The van der Waals surface area contributed by atoms with Crippen molar-refractivity contribution in [3.8, 4) is 11.1 Å². The smallest absolute Gasteiger partial charge is 0.130 e. The zero-order valence-corrected chi connectivity index (χ0v) is 16.2. The van der Waals surface area contributed by atoms with E-state index in [1.54, 1.807) is 0 Å². The topological polar surface area (TPSA) is 62.3 Å². The van der Waals surface area contributed by atoms with Gasteiger partial charge in [-0.2, -0.15) is 0 Å². The van der Waals surface area contributed by atoms with Crippen molar-refractivity contribution < 1.29 is 4.74 Å². The Balaban J connectivity index is 1.73. The summed E-state index contributed by atoms with van der Waals surface area (Å²) in [6.07, 6.45) is 2.86. The van der Waals surface area contributed by atoms with Crippen LogP contribution in [-0.2, 0) is 4.74 Å². The van der Waals surface area contributed by atoms with Crippen LogP contribution in [0.4, 0.5) is 5.82 Å². The molecule has 144 valence electrons. The number of ether oxygens (including phenoxy) is 1. The maximum atomic E-state index is 6.30. The third kappa shape index (κ3) is 3.33. The summed E-state index contributed by atoms with van der Waals surface area (Å²) in [6, 6.07) is 12.4. The monoisotopic (exact) mass is 395 g/mol. The van der Waals surface area contributed by atoms with E-state index in [0.717, 1.165) is 77.8 Å². The first-order chi connectivity index (χ1) is 13.8. The number of anilines is 1. The van der Waals surface area contributed by atoms with E-state index in [1.807, 2.05) is 30.5 Å². The number of hydrogen-bond donors (Lipinski definition) is 2. The van der Waals surface area contributed by atoms with Crippen LogP contribution in [0.1, 0.15) is 18.2 Å². The second kappa shape index (κ2) is 7.64. The van der Waals surface area contributed by atoms with Crippen molar-refractivity contribution in [3.63, 3.8) is 0 Å². The van der Waals surface area contributed by atoms with Gasteiger partial charge in [-0.3, -0.25) is 10.4 Å². The molecular weight excluding hydrogens is 374 g/mol. The van der Waals surface area contributed by atoms with Gasteiger partial charge in [-0.15, -0.1) is 0 Å². The Kier molecular flexibility index (Phi) is 4.86. The number of aromatic nitrogens is 2. The standard InChI is InChI=1S/C21H22ClN5O/c22-15-3-1-2-14(12-15)17-13-19(27-8-10-28-11-9-27)25-20-16(17)4-6-23-21(20)18-5-7-24-26-18/h1-4,6,12-13,18,24,26H,5,7-11H2. The summed E-state index contributed by atoms with van der Waals surface area (Å²) in [6.45, 7) is 4.05. The molecule has 1 aromatic carbocycles. The third-order valence-electron chi connectivity index (χ3n) is 5.38. The molecule has 2 aliphatic rings.